The van der Waals surface area contributed by atoms with Crippen molar-refractivity contribution >= 4 is 16.0 Å². The number of aliphatic carboxylic acids is 1. The van der Waals surface area contributed by atoms with Crippen LogP contribution in [0, 0.1) is 5.92 Å². The van der Waals surface area contributed by atoms with Crippen LogP contribution < -0.4 is 0 Å². The van der Waals surface area contributed by atoms with Gasteiger partial charge in [-0.1, -0.05) is 12.1 Å². The molecule has 1 fully saturated rings. The van der Waals surface area contributed by atoms with Crippen molar-refractivity contribution in [2.75, 3.05) is 27.2 Å². The fraction of sp³-hybridized carbons (Fsp3) is 0.462. The molecule has 1 N–H and O–H groups in total. The Labute approximate surface area is 118 Å². The van der Waals surface area contributed by atoms with E-state index in [1.165, 1.54) is 18.4 Å². The second-order valence-corrected chi connectivity index (χ2v) is 7.32. The van der Waals surface area contributed by atoms with Gasteiger partial charge in [-0.15, -0.1) is 0 Å². The van der Waals surface area contributed by atoms with Crippen LogP contribution >= 0.6 is 0 Å². The van der Waals surface area contributed by atoms with Crippen LogP contribution in [0.5, 0.6) is 0 Å². The highest BCUT2D eigenvalue weighted by molar-refractivity contribution is 7.89. The van der Waals surface area contributed by atoms with E-state index in [1.54, 1.807) is 18.2 Å². The van der Waals surface area contributed by atoms with Crippen molar-refractivity contribution in [2.24, 2.45) is 5.92 Å². The van der Waals surface area contributed by atoms with Gasteiger partial charge in [0, 0.05) is 33.7 Å². The smallest absolute Gasteiger partial charge is 0.309 e. The van der Waals surface area contributed by atoms with Gasteiger partial charge in [-0.25, -0.2) is 12.7 Å². The van der Waals surface area contributed by atoms with Gasteiger partial charge >= 0.3 is 5.97 Å². The molecule has 1 aliphatic rings. The minimum absolute atomic E-state index is 0.260. The monoisotopic (exact) mass is 298 g/mol. The molecule has 0 saturated carbocycles. The zero-order chi connectivity index (χ0) is 14.9. The van der Waals surface area contributed by atoms with Crippen molar-refractivity contribution in [2.45, 2.75) is 11.4 Å². The number of hydrogen-bond donors (Lipinski definition) is 1. The average Bonchev–Trinajstić information content (AvgIpc) is 2.33. The second-order valence-electron chi connectivity index (χ2n) is 5.16. The summed E-state index contributed by atoms with van der Waals surface area (Å²) >= 11 is 0. The molecule has 1 aromatic carbocycles. The van der Waals surface area contributed by atoms with Crippen molar-refractivity contribution in [1.29, 1.82) is 0 Å². The highest BCUT2D eigenvalue weighted by Crippen LogP contribution is 2.21. The van der Waals surface area contributed by atoms with Gasteiger partial charge in [0.2, 0.25) is 10.0 Å². The molecule has 2 rings (SSSR count). The number of carbonyl (C=O) groups is 1. The summed E-state index contributed by atoms with van der Waals surface area (Å²) in [6, 6.07) is 6.77. The van der Waals surface area contributed by atoms with Crippen molar-refractivity contribution in [3.05, 3.63) is 29.8 Å². The molecule has 7 heteroatoms. The molecule has 1 aliphatic heterocycles. The molecular formula is C13H18N2O4S. The van der Waals surface area contributed by atoms with Gasteiger partial charge in [-0.2, -0.15) is 0 Å². The van der Waals surface area contributed by atoms with Crippen LogP contribution in [0.25, 0.3) is 0 Å². The topological polar surface area (TPSA) is 77.9 Å². The molecule has 0 radical (unpaired) electrons. The van der Waals surface area contributed by atoms with Crippen LogP contribution in [-0.2, 0) is 21.4 Å². The Hall–Kier alpha value is -1.44. The first kappa shape index (κ1) is 15.0. The van der Waals surface area contributed by atoms with Crippen LogP contribution in [0.1, 0.15) is 5.56 Å². The van der Waals surface area contributed by atoms with E-state index in [0.29, 0.717) is 19.6 Å². The number of benzene rings is 1. The van der Waals surface area contributed by atoms with E-state index in [2.05, 4.69) is 0 Å². The third-order valence-corrected chi connectivity index (χ3v) is 5.20. The highest BCUT2D eigenvalue weighted by Gasteiger charge is 2.32. The molecule has 0 bridgehead atoms. The van der Waals surface area contributed by atoms with E-state index in [0.717, 1.165) is 5.56 Å². The Balaban J connectivity index is 2.07. The summed E-state index contributed by atoms with van der Waals surface area (Å²) in [7, 11) is -0.438. The van der Waals surface area contributed by atoms with Gasteiger partial charge in [-0.3, -0.25) is 9.69 Å². The van der Waals surface area contributed by atoms with Gasteiger partial charge < -0.3 is 5.11 Å². The molecule has 0 atom stereocenters. The van der Waals surface area contributed by atoms with Crippen LogP contribution in [-0.4, -0.2) is 55.9 Å². The van der Waals surface area contributed by atoms with E-state index in [9.17, 15) is 13.2 Å². The SMILES string of the molecule is CN(C)S(=O)(=O)c1cccc(CN2CC(C(=O)O)C2)c1. The first-order valence-electron chi connectivity index (χ1n) is 6.27. The molecule has 6 nitrogen and oxygen atoms in total. The normalized spacial score (nSPS) is 17.1. The number of carboxylic acid groups (broad SMARTS) is 1. The van der Waals surface area contributed by atoms with Gasteiger partial charge in [-0.05, 0) is 17.7 Å². The lowest BCUT2D eigenvalue weighted by atomic mass is 10.00. The maximum Gasteiger partial charge on any atom is 0.309 e. The maximum atomic E-state index is 12.0. The number of hydrogen-bond acceptors (Lipinski definition) is 4. The summed E-state index contributed by atoms with van der Waals surface area (Å²) in [5.74, 6) is -1.08. The molecule has 0 aromatic heterocycles. The third-order valence-electron chi connectivity index (χ3n) is 3.39. The summed E-state index contributed by atoms with van der Waals surface area (Å²) in [6.45, 7) is 1.60. The Bertz CT molecular complexity index is 607. The largest absolute Gasteiger partial charge is 0.481 e. The molecule has 1 aromatic rings. The lowest BCUT2D eigenvalue weighted by molar-refractivity contribution is -0.147. The predicted molar refractivity (Wildman–Crippen MR) is 73.7 cm³/mol. The zero-order valence-electron chi connectivity index (χ0n) is 11.5. The summed E-state index contributed by atoms with van der Waals surface area (Å²) in [4.78, 5) is 13.0. The number of rotatable bonds is 5. The number of likely N-dealkylation sites (tertiary alicyclic amines) is 1. The molecule has 0 spiro atoms. The minimum Gasteiger partial charge on any atom is -0.481 e. The first-order valence-corrected chi connectivity index (χ1v) is 7.71. The number of carboxylic acids is 1. The summed E-state index contributed by atoms with van der Waals surface area (Å²) < 4.78 is 25.2. The fourth-order valence-corrected chi connectivity index (χ4v) is 3.10. The number of nitrogens with zero attached hydrogens (tertiary/aromatic N) is 2. The summed E-state index contributed by atoms with van der Waals surface area (Å²) in [6.07, 6.45) is 0. The second kappa shape index (κ2) is 5.51. The molecule has 0 amide bonds. The molecule has 110 valence electrons. The number of sulfonamides is 1. The fourth-order valence-electron chi connectivity index (χ4n) is 2.13. The standard InChI is InChI=1S/C13H18N2O4S/c1-14(2)20(18,19)12-5-3-4-10(6-12)7-15-8-11(9-15)13(16)17/h3-6,11H,7-9H2,1-2H3,(H,16,17). The predicted octanol–water partition coefficient (Wildman–Crippen LogP) is 0.453. The van der Waals surface area contributed by atoms with Crippen LogP contribution in [0.4, 0.5) is 0 Å². The average molecular weight is 298 g/mol. The summed E-state index contributed by atoms with van der Waals surface area (Å²) in [5.41, 5.74) is 0.872. The van der Waals surface area contributed by atoms with Crippen LogP contribution in [0.3, 0.4) is 0 Å². The van der Waals surface area contributed by atoms with Crippen molar-refractivity contribution < 1.29 is 18.3 Å². The lowest BCUT2D eigenvalue weighted by Crippen LogP contribution is -2.49. The van der Waals surface area contributed by atoms with E-state index in [-0.39, 0.29) is 10.8 Å². The van der Waals surface area contributed by atoms with Crippen molar-refractivity contribution in [3.63, 3.8) is 0 Å². The van der Waals surface area contributed by atoms with Gasteiger partial charge in [0.25, 0.3) is 0 Å². The Morgan fingerprint density at radius 3 is 2.60 bits per heavy atom. The van der Waals surface area contributed by atoms with Gasteiger partial charge in [0.05, 0.1) is 10.8 Å². The van der Waals surface area contributed by atoms with Crippen molar-refractivity contribution in [3.8, 4) is 0 Å². The molecule has 0 unspecified atom stereocenters. The maximum absolute atomic E-state index is 12.0. The molecule has 20 heavy (non-hydrogen) atoms. The van der Waals surface area contributed by atoms with E-state index >= 15 is 0 Å². The molecule has 1 heterocycles. The molecule has 1 saturated heterocycles. The minimum atomic E-state index is -3.43. The Kier molecular flexibility index (Phi) is 4.12. The van der Waals surface area contributed by atoms with Crippen molar-refractivity contribution in [1.82, 2.24) is 9.21 Å². The van der Waals surface area contributed by atoms with E-state index < -0.39 is 16.0 Å². The Morgan fingerprint density at radius 2 is 2.05 bits per heavy atom. The Morgan fingerprint density at radius 1 is 1.40 bits per heavy atom. The zero-order valence-corrected chi connectivity index (χ0v) is 12.3. The van der Waals surface area contributed by atoms with Crippen LogP contribution in [0.15, 0.2) is 29.2 Å². The lowest BCUT2D eigenvalue weighted by Gasteiger charge is -2.36. The highest BCUT2D eigenvalue weighted by atomic mass is 32.2. The summed E-state index contributed by atoms with van der Waals surface area (Å²) in [5, 5.41) is 8.82. The third kappa shape index (κ3) is 3.00. The van der Waals surface area contributed by atoms with Crippen LogP contribution in [0.2, 0.25) is 0 Å². The quantitative estimate of drug-likeness (QED) is 0.854. The van der Waals surface area contributed by atoms with E-state index in [4.69, 9.17) is 5.11 Å². The first-order chi connectivity index (χ1) is 9.30. The van der Waals surface area contributed by atoms with Gasteiger partial charge in [0.1, 0.15) is 0 Å². The molecule has 0 aliphatic carbocycles. The van der Waals surface area contributed by atoms with E-state index in [1.807, 2.05) is 11.0 Å². The molecular weight excluding hydrogens is 280 g/mol. The van der Waals surface area contributed by atoms with Gasteiger partial charge in [0.15, 0.2) is 0 Å².